The number of rotatable bonds is 5. The molecule has 0 spiro atoms. The zero-order chi connectivity index (χ0) is 23.8. The van der Waals surface area contributed by atoms with Gasteiger partial charge >= 0.3 is 17.8 Å². The van der Waals surface area contributed by atoms with Crippen LogP contribution in [-0.2, 0) is 12.6 Å². The number of hydrogen-bond acceptors (Lipinski definition) is 6. The molecule has 4 rings (SSSR count). The summed E-state index contributed by atoms with van der Waals surface area (Å²) >= 11 is 0. The lowest BCUT2D eigenvalue weighted by atomic mass is 10.2. The van der Waals surface area contributed by atoms with Gasteiger partial charge in [-0.25, -0.2) is 14.2 Å². The van der Waals surface area contributed by atoms with Gasteiger partial charge in [-0.3, -0.25) is 9.25 Å². The molecule has 33 heavy (non-hydrogen) atoms. The van der Waals surface area contributed by atoms with E-state index in [1.807, 2.05) is 4.90 Å². The van der Waals surface area contributed by atoms with Crippen LogP contribution in [-0.4, -0.2) is 56.7 Å². The number of halogens is 6. The fourth-order valence-corrected chi connectivity index (χ4v) is 3.32. The van der Waals surface area contributed by atoms with Crippen LogP contribution in [0.15, 0.2) is 47.7 Å². The van der Waals surface area contributed by atoms with Crippen molar-refractivity contribution in [1.29, 1.82) is 0 Å². The van der Waals surface area contributed by atoms with Crippen molar-refractivity contribution in [3.05, 3.63) is 64.9 Å². The van der Waals surface area contributed by atoms with Crippen LogP contribution in [0.1, 0.15) is 5.69 Å². The minimum absolute atomic E-state index is 0.166. The Labute approximate surface area is 182 Å². The van der Waals surface area contributed by atoms with E-state index in [1.165, 1.54) is 12.1 Å². The molecule has 2 aromatic heterocycles. The third-order valence-electron chi connectivity index (χ3n) is 5.12. The van der Waals surface area contributed by atoms with E-state index < -0.39 is 30.2 Å². The van der Waals surface area contributed by atoms with Gasteiger partial charge in [-0.15, -0.1) is 0 Å². The second-order valence-electron chi connectivity index (χ2n) is 7.31. The Morgan fingerprint density at radius 3 is 2.15 bits per heavy atom. The predicted octanol–water partition coefficient (Wildman–Crippen LogP) is 2.46. The zero-order valence-electron chi connectivity index (χ0n) is 16.9. The van der Waals surface area contributed by atoms with Gasteiger partial charge in [0.25, 0.3) is 0 Å². The molecule has 176 valence electrons. The molecule has 14 heteroatoms. The number of aromatic nitrogens is 5. The number of nitrogens with zero attached hydrogens (tertiary/aromatic N) is 7. The SMILES string of the molecule is O=c1nc(N2CCN(c3ccc(F)cc3)CC2)ncn1Cn1ccc(C(F)(F)C(F)(F)F)n1. The van der Waals surface area contributed by atoms with Crippen LogP contribution in [0.2, 0.25) is 0 Å². The Bertz CT molecular complexity index is 1170. The second-order valence-corrected chi connectivity index (χ2v) is 7.31. The first-order valence-electron chi connectivity index (χ1n) is 9.72. The van der Waals surface area contributed by atoms with Crippen molar-refractivity contribution >= 4 is 11.6 Å². The van der Waals surface area contributed by atoms with Crippen LogP contribution in [0.4, 0.5) is 38.0 Å². The molecule has 0 amide bonds. The van der Waals surface area contributed by atoms with Crippen molar-refractivity contribution in [3.63, 3.8) is 0 Å². The van der Waals surface area contributed by atoms with E-state index in [2.05, 4.69) is 15.1 Å². The van der Waals surface area contributed by atoms with E-state index in [1.54, 1.807) is 17.0 Å². The second kappa shape index (κ2) is 8.41. The van der Waals surface area contributed by atoms with Gasteiger partial charge in [0.05, 0.1) is 0 Å². The quantitative estimate of drug-likeness (QED) is 0.531. The molecule has 1 aliphatic heterocycles. The summed E-state index contributed by atoms with van der Waals surface area (Å²) in [5, 5.41) is 3.23. The monoisotopic (exact) mass is 473 g/mol. The first-order chi connectivity index (χ1) is 15.5. The van der Waals surface area contributed by atoms with Gasteiger partial charge in [-0.05, 0) is 30.3 Å². The molecule has 0 unspecified atom stereocenters. The largest absolute Gasteiger partial charge is 0.459 e. The lowest BCUT2D eigenvalue weighted by molar-refractivity contribution is -0.291. The Kier molecular flexibility index (Phi) is 5.76. The van der Waals surface area contributed by atoms with Crippen molar-refractivity contribution in [2.75, 3.05) is 36.0 Å². The summed E-state index contributed by atoms with van der Waals surface area (Å²) < 4.78 is 79.0. The summed E-state index contributed by atoms with van der Waals surface area (Å²) in [6, 6.07) is 6.63. The fourth-order valence-electron chi connectivity index (χ4n) is 3.32. The van der Waals surface area contributed by atoms with E-state index >= 15 is 0 Å². The third kappa shape index (κ3) is 4.64. The van der Waals surface area contributed by atoms with Crippen LogP contribution in [0, 0.1) is 5.82 Å². The minimum atomic E-state index is -5.78. The molecular weight excluding hydrogens is 456 g/mol. The Morgan fingerprint density at radius 2 is 1.55 bits per heavy atom. The van der Waals surface area contributed by atoms with E-state index in [-0.39, 0.29) is 11.8 Å². The number of anilines is 2. The summed E-state index contributed by atoms with van der Waals surface area (Å²) in [5.74, 6) is -5.27. The molecule has 3 heterocycles. The molecule has 1 saturated heterocycles. The maximum Gasteiger partial charge on any atom is 0.459 e. The van der Waals surface area contributed by atoms with E-state index in [0.29, 0.717) is 32.2 Å². The summed E-state index contributed by atoms with van der Waals surface area (Å²) in [6.07, 6.45) is -3.75. The first kappa shape index (κ1) is 22.6. The molecule has 0 radical (unpaired) electrons. The fraction of sp³-hybridized carbons (Fsp3) is 0.368. The van der Waals surface area contributed by atoms with Gasteiger partial charge in [-0.2, -0.15) is 32.0 Å². The normalized spacial score (nSPS) is 15.2. The van der Waals surface area contributed by atoms with Crippen molar-refractivity contribution < 1.29 is 26.3 Å². The van der Waals surface area contributed by atoms with Gasteiger partial charge in [0.2, 0.25) is 5.95 Å². The van der Waals surface area contributed by atoms with Crippen molar-refractivity contribution in [1.82, 2.24) is 24.3 Å². The van der Waals surface area contributed by atoms with Gasteiger partial charge in [-0.1, -0.05) is 0 Å². The molecule has 0 saturated carbocycles. The average molecular weight is 473 g/mol. The highest BCUT2D eigenvalue weighted by Crippen LogP contribution is 2.42. The lowest BCUT2D eigenvalue weighted by Crippen LogP contribution is -2.47. The lowest BCUT2D eigenvalue weighted by Gasteiger charge is -2.36. The minimum Gasteiger partial charge on any atom is -0.368 e. The zero-order valence-corrected chi connectivity index (χ0v) is 16.9. The van der Waals surface area contributed by atoms with Crippen LogP contribution < -0.4 is 15.5 Å². The Balaban J connectivity index is 1.41. The molecule has 8 nitrogen and oxygen atoms in total. The van der Waals surface area contributed by atoms with Gasteiger partial charge in [0.1, 0.15) is 24.5 Å². The molecule has 3 aromatic rings. The van der Waals surface area contributed by atoms with E-state index in [4.69, 9.17) is 0 Å². The topological polar surface area (TPSA) is 72.1 Å². The molecule has 1 fully saturated rings. The van der Waals surface area contributed by atoms with Crippen LogP contribution in [0.25, 0.3) is 0 Å². The van der Waals surface area contributed by atoms with Crippen molar-refractivity contribution in [3.8, 4) is 0 Å². The van der Waals surface area contributed by atoms with E-state index in [0.717, 1.165) is 27.5 Å². The summed E-state index contributed by atoms with van der Waals surface area (Å²) in [6.45, 7) is 1.72. The van der Waals surface area contributed by atoms with Gasteiger partial charge < -0.3 is 9.80 Å². The predicted molar refractivity (Wildman–Crippen MR) is 105 cm³/mol. The molecule has 1 aliphatic rings. The van der Waals surface area contributed by atoms with Crippen molar-refractivity contribution in [2.45, 2.75) is 18.8 Å². The molecule has 0 aliphatic carbocycles. The smallest absolute Gasteiger partial charge is 0.368 e. The molecule has 0 bridgehead atoms. The van der Waals surface area contributed by atoms with Crippen LogP contribution >= 0.6 is 0 Å². The highest BCUT2D eigenvalue weighted by Gasteiger charge is 2.60. The standard InChI is InChI=1S/C19H17F6N7O/c20-13-1-3-14(4-2-13)29-7-9-30(10-8-29)16-26-11-31(17(33)27-16)12-32-6-5-15(28-32)18(21,22)19(23,24)25/h1-6,11H,7-10,12H2. The summed E-state index contributed by atoms with van der Waals surface area (Å²) in [7, 11) is 0. The average Bonchev–Trinajstić information content (AvgIpc) is 3.24. The van der Waals surface area contributed by atoms with Crippen molar-refractivity contribution in [2.24, 2.45) is 0 Å². The highest BCUT2D eigenvalue weighted by molar-refractivity contribution is 5.48. The molecule has 1 aromatic carbocycles. The number of benzene rings is 1. The molecular formula is C19H17F6N7O. The Morgan fingerprint density at radius 1 is 0.909 bits per heavy atom. The molecule has 0 N–H and O–H groups in total. The maximum absolute atomic E-state index is 13.4. The molecule has 0 atom stereocenters. The highest BCUT2D eigenvalue weighted by atomic mass is 19.4. The summed E-state index contributed by atoms with van der Waals surface area (Å²) in [5.41, 5.74) is -1.37. The number of alkyl halides is 5. The third-order valence-corrected chi connectivity index (χ3v) is 5.12. The first-order valence-corrected chi connectivity index (χ1v) is 9.72. The summed E-state index contributed by atoms with van der Waals surface area (Å²) in [4.78, 5) is 24.1. The van der Waals surface area contributed by atoms with Gasteiger partial charge in [0.15, 0.2) is 0 Å². The number of hydrogen-bond donors (Lipinski definition) is 0. The van der Waals surface area contributed by atoms with E-state index in [9.17, 15) is 31.1 Å². The number of piperazine rings is 1. The van der Waals surface area contributed by atoms with Crippen LogP contribution in [0.3, 0.4) is 0 Å². The Hall–Kier alpha value is -3.58. The van der Waals surface area contributed by atoms with Gasteiger partial charge in [0, 0.05) is 38.1 Å². The maximum atomic E-state index is 13.4. The van der Waals surface area contributed by atoms with Crippen LogP contribution in [0.5, 0.6) is 0 Å².